The fourth-order valence-corrected chi connectivity index (χ4v) is 3.24. The van der Waals surface area contributed by atoms with Gasteiger partial charge in [0.15, 0.2) is 0 Å². The molecule has 0 radical (unpaired) electrons. The highest BCUT2D eigenvalue weighted by Crippen LogP contribution is 2.33. The van der Waals surface area contributed by atoms with E-state index in [0.717, 1.165) is 29.0 Å². The van der Waals surface area contributed by atoms with Crippen molar-refractivity contribution < 1.29 is 18.0 Å². The topological polar surface area (TPSA) is 54.9 Å². The zero-order valence-corrected chi connectivity index (χ0v) is 15.4. The van der Waals surface area contributed by atoms with Crippen LogP contribution in [0.1, 0.15) is 41.3 Å². The lowest BCUT2D eigenvalue weighted by molar-refractivity contribution is -0.137. The molecule has 0 aliphatic carbocycles. The molecule has 1 aromatic heterocycles. The molecule has 1 heterocycles. The highest BCUT2D eigenvalue weighted by Gasteiger charge is 2.35. The van der Waals surface area contributed by atoms with Crippen LogP contribution in [-0.4, -0.2) is 16.1 Å². The van der Waals surface area contributed by atoms with E-state index < -0.39 is 23.2 Å². The predicted molar refractivity (Wildman–Crippen MR) is 98.8 cm³/mol. The molecule has 0 unspecified atom stereocenters. The van der Waals surface area contributed by atoms with Gasteiger partial charge in [-0.15, -0.1) is 10.2 Å². The lowest BCUT2D eigenvalue weighted by Gasteiger charge is -2.11. The number of benzene rings is 2. The molecule has 0 aliphatic heterocycles. The average molecular weight is 391 g/mol. The minimum atomic E-state index is -4.61. The van der Waals surface area contributed by atoms with Crippen LogP contribution >= 0.6 is 11.3 Å². The summed E-state index contributed by atoms with van der Waals surface area (Å²) in [5.74, 6) is -0.474. The van der Waals surface area contributed by atoms with Gasteiger partial charge >= 0.3 is 6.18 Å². The molecule has 4 nitrogen and oxygen atoms in total. The molecule has 0 atom stereocenters. The van der Waals surface area contributed by atoms with E-state index in [0.29, 0.717) is 10.9 Å². The van der Waals surface area contributed by atoms with Gasteiger partial charge in [-0.25, -0.2) is 0 Å². The van der Waals surface area contributed by atoms with Crippen molar-refractivity contribution in [2.45, 2.75) is 25.9 Å². The van der Waals surface area contributed by atoms with Gasteiger partial charge in [-0.1, -0.05) is 61.6 Å². The number of halogens is 3. The zero-order chi connectivity index (χ0) is 19.6. The summed E-state index contributed by atoms with van der Waals surface area (Å²) in [6.45, 7) is 4.18. The maximum atomic E-state index is 13.1. The molecule has 3 rings (SSSR count). The second-order valence-electron chi connectivity index (χ2n) is 6.19. The summed E-state index contributed by atoms with van der Waals surface area (Å²) in [4.78, 5) is 12.3. The van der Waals surface area contributed by atoms with E-state index in [1.165, 1.54) is 17.7 Å². The summed E-state index contributed by atoms with van der Waals surface area (Å²) < 4.78 is 39.2. The molecule has 8 heteroatoms. The summed E-state index contributed by atoms with van der Waals surface area (Å²) in [7, 11) is 0. The van der Waals surface area contributed by atoms with Gasteiger partial charge in [0.2, 0.25) is 5.13 Å². The molecule has 2 aromatic carbocycles. The summed E-state index contributed by atoms with van der Waals surface area (Å²) in [6, 6.07) is 12.4. The van der Waals surface area contributed by atoms with Gasteiger partial charge in [0.05, 0.1) is 11.1 Å². The number of carbonyl (C=O) groups excluding carboxylic acids is 1. The third-order valence-electron chi connectivity index (χ3n) is 3.95. The number of amides is 1. The fraction of sp³-hybridized carbons (Fsp3) is 0.211. The third-order valence-corrected chi connectivity index (χ3v) is 4.83. The van der Waals surface area contributed by atoms with Crippen LogP contribution in [0.3, 0.4) is 0 Å². The van der Waals surface area contributed by atoms with Gasteiger partial charge in [0.25, 0.3) is 5.91 Å². The molecule has 0 saturated carbocycles. The van der Waals surface area contributed by atoms with Gasteiger partial charge in [0.1, 0.15) is 5.01 Å². The van der Waals surface area contributed by atoms with Crippen LogP contribution in [-0.2, 0) is 6.18 Å². The lowest BCUT2D eigenvalue weighted by Crippen LogP contribution is -2.18. The van der Waals surface area contributed by atoms with E-state index in [4.69, 9.17) is 0 Å². The van der Waals surface area contributed by atoms with E-state index in [1.54, 1.807) is 0 Å². The first-order chi connectivity index (χ1) is 12.8. The van der Waals surface area contributed by atoms with Crippen molar-refractivity contribution >= 4 is 22.4 Å². The molecular weight excluding hydrogens is 375 g/mol. The molecule has 0 fully saturated rings. The van der Waals surface area contributed by atoms with E-state index >= 15 is 0 Å². The number of hydrogen-bond acceptors (Lipinski definition) is 4. The molecule has 1 amide bonds. The summed E-state index contributed by atoms with van der Waals surface area (Å²) in [5, 5.41) is 11.0. The molecule has 1 N–H and O–H groups in total. The molecule has 3 aromatic rings. The van der Waals surface area contributed by atoms with E-state index in [9.17, 15) is 18.0 Å². The highest BCUT2D eigenvalue weighted by molar-refractivity contribution is 7.18. The average Bonchev–Trinajstić information content (AvgIpc) is 3.09. The van der Waals surface area contributed by atoms with Crippen molar-refractivity contribution in [3.05, 3.63) is 65.2 Å². The van der Waals surface area contributed by atoms with Crippen LogP contribution in [0.25, 0.3) is 10.6 Å². The molecular formula is C19H16F3N3OS. The summed E-state index contributed by atoms with van der Waals surface area (Å²) in [6.07, 6.45) is -4.61. The number of nitrogens with one attached hydrogen (secondary N) is 1. The number of aromatic nitrogens is 2. The third kappa shape index (κ3) is 4.33. The SMILES string of the molecule is CC(C)c1ccc(-c2nnc(NC(=O)c3ccccc3C(F)(F)F)s2)cc1. The molecule has 0 saturated heterocycles. The van der Waals surface area contributed by atoms with Crippen molar-refractivity contribution in [1.82, 2.24) is 10.2 Å². The molecule has 140 valence electrons. The first kappa shape index (κ1) is 19.0. The first-order valence-corrected chi connectivity index (χ1v) is 8.99. The van der Waals surface area contributed by atoms with Crippen molar-refractivity contribution in [3.63, 3.8) is 0 Å². The number of hydrogen-bond donors (Lipinski definition) is 1. The Balaban J connectivity index is 1.79. The normalized spacial score (nSPS) is 11.6. The number of rotatable bonds is 4. The Morgan fingerprint density at radius 3 is 2.33 bits per heavy atom. The Morgan fingerprint density at radius 1 is 1.04 bits per heavy atom. The van der Waals surface area contributed by atoms with E-state index in [1.807, 2.05) is 24.3 Å². The molecule has 0 bridgehead atoms. The van der Waals surface area contributed by atoms with Crippen molar-refractivity contribution in [1.29, 1.82) is 0 Å². The van der Waals surface area contributed by atoms with Gasteiger partial charge < -0.3 is 0 Å². The molecule has 27 heavy (non-hydrogen) atoms. The maximum absolute atomic E-state index is 13.1. The maximum Gasteiger partial charge on any atom is 0.417 e. The number of carbonyl (C=O) groups is 1. The molecule has 0 spiro atoms. The Bertz CT molecular complexity index is 949. The van der Waals surface area contributed by atoms with Crippen molar-refractivity contribution in [3.8, 4) is 10.6 Å². The summed E-state index contributed by atoms with van der Waals surface area (Å²) >= 11 is 1.10. The quantitative estimate of drug-likeness (QED) is 0.630. The number of nitrogens with zero attached hydrogens (tertiary/aromatic N) is 2. The van der Waals surface area contributed by atoms with Gasteiger partial charge in [-0.2, -0.15) is 13.2 Å². The Labute approximate surface area is 158 Å². The smallest absolute Gasteiger partial charge is 0.296 e. The van der Waals surface area contributed by atoms with Crippen LogP contribution < -0.4 is 5.32 Å². The number of anilines is 1. The van der Waals surface area contributed by atoms with Crippen LogP contribution in [0.2, 0.25) is 0 Å². The Morgan fingerprint density at radius 2 is 1.70 bits per heavy atom. The van der Waals surface area contributed by atoms with Crippen LogP contribution in [0.4, 0.5) is 18.3 Å². The van der Waals surface area contributed by atoms with Gasteiger partial charge in [-0.05, 0) is 23.6 Å². The molecule has 0 aliphatic rings. The van der Waals surface area contributed by atoms with Gasteiger partial charge in [0, 0.05) is 5.56 Å². The second-order valence-corrected chi connectivity index (χ2v) is 7.16. The van der Waals surface area contributed by atoms with E-state index in [-0.39, 0.29) is 5.13 Å². The minimum absolute atomic E-state index is 0.139. The van der Waals surface area contributed by atoms with Crippen molar-refractivity contribution in [2.75, 3.05) is 5.32 Å². The zero-order valence-electron chi connectivity index (χ0n) is 14.5. The standard InChI is InChI=1S/C19H16F3N3OS/c1-11(2)12-7-9-13(10-8-12)17-24-25-18(27-17)23-16(26)14-5-3-4-6-15(14)19(20,21)22/h3-11H,1-2H3,(H,23,25,26). The van der Waals surface area contributed by atoms with Crippen molar-refractivity contribution in [2.24, 2.45) is 0 Å². The van der Waals surface area contributed by atoms with E-state index in [2.05, 4.69) is 29.4 Å². The monoisotopic (exact) mass is 391 g/mol. The van der Waals surface area contributed by atoms with Crippen LogP contribution in [0.5, 0.6) is 0 Å². The largest absolute Gasteiger partial charge is 0.417 e. The highest BCUT2D eigenvalue weighted by atomic mass is 32.1. The van der Waals surface area contributed by atoms with Crippen LogP contribution in [0, 0.1) is 0 Å². The predicted octanol–water partition coefficient (Wildman–Crippen LogP) is 5.60. The summed E-state index contributed by atoms with van der Waals surface area (Å²) in [5.41, 5.74) is 0.563. The van der Waals surface area contributed by atoms with Crippen LogP contribution in [0.15, 0.2) is 48.5 Å². The second kappa shape index (κ2) is 7.48. The Kier molecular flexibility index (Phi) is 5.27. The minimum Gasteiger partial charge on any atom is -0.296 e. The lowest BCUT2D eigenvalue weighted by atomic mass is 10.0. The Hall–Kier alpha value is -2.74. The number of alkyl halides is 3. The first-order valence-electron chi connectivity index (χ1n) is 8.17. The fourth-order valence-electron chi connectivity index (χ4n) is 2.49. The van der Waals surface area contributed by atoms with Gasteiger partial charge in [-0.3, -0.25) is 10.1 Å².